The van der Waals surface area contributed by atoms with Gasteiger partial charge in [0.15, 0.2) is 0 Å². The molecule has 0 aromatic rings. The van der Waals surface area contributed by atoms with Crippen LogP contribution in [-0.2, 0) is 0 Å². The van der Waals surface area contributed by atoms with Gasteiger partial charge >= 0.3 is 18.9 Å². The zero-order valence-corrected chi connectivity index (χ0v) is 10.9. The summed E-state index contributed by atoms with van der Waals surface area (Å²) in [7, 11) is 0. The largest absolute Gasteiger partial charge is 1.00 e. The van der Waals surface area contributed by atoms with E-state index < -0.39 is 0 Å². The molecule has 0 saturated heterocycles. The van der Waals surface area contributed by atoms with Gasteiger partial charge < -0.3 is 17.2 Å². The van der Waals surface area contributed by atoms with Crippen molar-refractivity contribution in [3.63, 3.8) is 0 Å². The van der Waals surface area contributed by atoms with Crippen LogP contribution in [0.15, 0.2) is 0 Å². The van der Waals surface area contributed by atoms with Gasteiger partial charge in [0.05, 0.1) is 0 Å². The Morgan fingerprint density at radius 3 is 2.20 bits per heavy atom. The second-order valence-electron chi connectivity index (χ2n) is 3.93. The van der Waals surface area contributed by atoms with Gasteiger partial charge in [-0.15, -0.1) is 0 Å². The fourth-order valence-electron chi connectivity index (χ4n) is 1.32. The zero-order chi connectivity index (χ0) is 9.94. The third-order valence-electron chi connectivity index (χ3n) is 2.22. The van der Waals surface area contributed by atoms with Crippen LogP contribution in [0.1, 0.15) is 52.4 Å². The molecule has 0 radical (unpaired) electrons. The smallest absolute Gasteiger partial charge is 0.693 e. The SMILES string of the molecule is CCCCNCCCCCC(C)N.[Li+].[NH2-]. The summed E-state index contributed by atoms with van der Waals surface area (Å²) >= 11 is 0. The van der Waals surface area contributed by atoms with Crippen LogP contribution in [0, 0.1) is 0 Å². The van der Waals surface area contributed by atoms with E-state index in [4.69, 9.17) is 5.73 Å². The fraction of sp³-hybridized carbons (Fsp3) is 1.00. The molecule has 0 spiro atoms. The standard InChI is InChI=1S/C11H26N2.Li.H2N/c1-3-4-9-13-10-7-5-6-8-11(2)12;;/h11,13H,3-10,12H2,1-2H3;;1H2/q;+1;-1. The number of hydrogen-bond donors (Lipinski definition) is 2. The third kappa shape index (κ3) is 20.5. The van der Waals surface area contributed by atoms with Crippen LogP contribution in [0.5, 0.6) is 0 Å². The van der Waals surface area contributed by atoms with Gasteiger partial charge in [-0.1, -0.05) is 26.2 Å². The first-order chi connectivity index (χ1) is 6.27. The Morgan fingerprint density at radius 1 is 1.07 bits per heavy atom. The number of nitrogens with one attached hydrogen (secondary N) is 1. The minimum absolute atomic E-state index is 0. The molecule has 0 amide bonds. The van der Waals surface area contributed by atoms with Gasteiger partial charge in [0.25, 0.3) is 0 Å². The van der Waals surface area contributed by atoms with E-state index in [0.29, 0.717) is 6.04 Å². The normalized spacial score (nSPS) is 11.4. The first kappa shape index (κ1) is 20.8. The molecule has 0 aromatic heterocycles. The average molecular weight is 209 g/mol. The van der Waals surface area contributed by atoms with Crippen LogP contribution >= 0.6 is 0 Å². The summed E-state index contributed by atoms with van der Waals surface area (Å²) in [5.41, 5.74) is 5.66. The van der Waals surface area contributed by atoms with E-state index in [2.05, 4.69) is 19.2 Å². The maximum absolute atomic E-state index is 5.66. The fourth-order valence-corrected chi connectivity index (χ4v) is 1.32. The van der Waals surface area contributed by atoms with Crippen molar-refractivity contribution in [2.45, 2.75) is 58.4 Å². The van der Waals surface area contributed by atoms with Crippen molar-refractivity contribution in [1.29, 1.82) is 0 Å². The Kier molecular flexibility index (Phi) is 23.5. The summed E-state index contributed by atoms with van der Waals surface area (Å²) in [5.74, 6) is 0. The van der Waals surface area contributed by atoms with Crippen molar-refractivity contribution >= 4 is 0 Å². The second kappa shape index (κ2) is 16.9. The van der Waals surface area contributed by atoms with E-state index >= 15 is 0 Å². The van der Waals surface area contributed by atoms with Crippen LogP contribution < -0.4 is 29.9 Å². The molecule has 88 valence electrons. The summed E-state index contributed by atoms with van der Waals surface area (Å²) < 4.78 is 0. The van der Waals surface area contributed by atoms with Gasteiger partial charge in [-0.25, -0.2) is 0 Å². The molecule has 0 aliphatic heterocycles. The molecule has 0 bridgehead atoms. The van der Waals surface area contributed by atoms with Gasteiger partial charge in [-0.3, -0.25) is 0 Å². The minimum atomic E-state index is 0. The van der Waals surface area contributed by atoms with Crippen molar-refractivity contribution in [2.24, 2.45) is 5.73 Å². The van der Waals surface area contributed by atoms with Crippen molar-refractivity contribution < 1.29 is 18.9 Å². The minimum Gasteiger partial charge on any atom is -0.693 e. The van der Waals surface area contributed by atoms with Crippen molar-refractivity contribution in [1.82, 2.24) is 5.32 Å². The number of hydrogen-bond acceptors (Lipinski definition) is 2. The average Bonchev–Trinajstić information content (AvgIpc) is 2.09. The van der Waals surface area contributed by atoms with Crippen molar-refractivity contribution in [2.75, 3.05) is 13.1 Å². The van der Waals surface area contributed by atoms with E-state index in [1.54, 1.807) is 0 Å². The molecule has 0 rings (SSSR count). The third-order valence-corrected chi connectivity index (χ3v) is 2.22. The van der Waals surface area contributed by atoms with Crippen LogP contribution in [0.25, 0.3) is 6.15 Å². The molecule has 0 aromatic carbocycles. The summed E-state index contributed by atoms with van der Waals surface area (Å²) in [6.45, 7) is 6.67. The zero-order valence-electron chi connectivity index (χ0n) is 10.9. The first-order valence-corrected chi connectivity index (χ1v) is 5.73. The monoisotopic (exact) mass is 209 g/mol. The number of nitrogens with two attached hydrogens (primary N) is 2. The Balaban J connectivity index is -0.000000720. The quantitative estimate of drug-likeness (QED) is 0.414. The molecule has 1 unspecified atom stereocenters. The van der Waals surface area contributed by atoms with Gasteiger partial charge in [0.1, 0.15) is 0 Å². The van der Waals surface area contributed by atoms with E-state index in [1.807, 2.05) is 0 Å². The number of unbranched alkanes of at least 4 members (excludes halogenated alkanes) is 3. The van der Waals surface area contributed by atoms with Crippen molar-refractivity contribution in [3.05, 3.63) is 6.15 Å². The molecule has 0 saturated carbocycles. The van der Waals surface area contributed by atoms with E-state index in [1.165, 1.54) is 51.6 Å². The van der Waals surface area contributed by atoms with E-state index in [0.717, 1.165) is 0 Å². The summed E-state index contributed by atoms with van der Waals surface area (Å²) in [6, 6.07) is 0.382. The van der Waals surface area contributed by atoms with E-state index in [9.17, 15) is 0 Å². The summed E-state index contributed by atoms with van der Waals surface area (Å²) in [5, 5.41) is 3.44. The van der Waals surface area contributed by atoms with Crippen molar-refractivity contribution in [3.8, 4) is 0 Å². The van der Waals surface area contributed by atoms with Gasteiger partial charge in [0.2, 0.25) is 0 Å². The number of rotatable bonds is 9. The molecular formula is C11H28LiN3. The topological polar surface area (TPSA) is 71.5 Å². The first-order valence-electron chi connectivity index (χ1n) is 5.73. The van der Waals surface area contributed by atoms with Gasteiger partial charge in [0, 0.05) is 6.04 Å². The Morgan fingerprint density at radius 2 is 1.67 bits per heavy atom. The van der Waals surface area contributed by atoms with E-state index in [-0.39, 0.29) is 25.0 Å². The van der Waals surface area contributed by atoms with Gasteiger partial charge in [-0.2, -0.15) is 0 Å². The predicted octanol–water partition coefficient (Wildman–Crippen LogP) is 0.00480. The molecule has 0 fully saturated rings. The molecule has 15 heavy (non-hydrogen) atoms. The summed E-state index contributed by atoms with van der Waals surface area (Å²) in [4.78, 5) is 0. The molecule has 0 heterocycles. The summed E-state index contributed by atoms with van der Waals surface area (Å²) in [6.07, 6.45) is 7.68. The van der Waals surface area contributed by atoms with Crippen LogP contribution in [0.4, 0.5) is 0 Å². The molecule has 5 N–H and O–H groups in total. The molecule has 0 aliphatic carbocycles. The Labute approximate surface area is 108 Å². The van der Waals surface area contributed by atoms with Crippen LogP contribution in [0.2, 0.25) is 0 Å². The van der Waals surface area contributed by atoms with Crippen LogP contribution in [0.3, 0.4) is 0 Å². The molecule has 3 nitrogen and oxygen atoms in total. The Hall–Kier alpha value is 0.477. The maximum atomic E-state index is 5.66. The predicted molar refractivity (Wildman–Crippen MR) is 65.2 cm³/mol. The Bertz CT molecular complexity index is 99.8. The molecular weight excluding hydrogens is 181 g/mol. The van der Waals surface area contributed by atoms with Gasteiger partial charge in [-0.05, 0) is 39.3 Å². The molecule has 4 heteroatoms. The molecule has 0 aliphatic rings. The van der Waals surface area contributed by atoms with Crippen LogP contribution in [-0.4, -0.2) is 19.1 Å². The second-order valence-corrected chi connectivity index (χ2v) is 3.93. The molecule has 1 atom stereocenters. The maximum Gasteiger partial charge on any atom is 1.00 e.